The van der Waals surface area contributed by atoms with Gasteiger partial charge >= 0.3 is 6.55 Å². The molecule has 7 heteroatoms. The summed E-state index contributed by atoms with van der Waals surface area (Å²) in [5.74, 6) is 0.0219. The highest BCUT2D eigenvalue weighted by Gasteiger charge is 2.28. The van der Waals surface area contributed by atoms with Crippen LogP contribution in [0.25, 0.3) is 0 Å². The summed E-state index contributed by atoms with van der Waals surface area (Å²) in [4.78, 5) is 17.3. The lowest BCUT2D eigenvalue weighted by atomic mass is 9.93. The Bertz CT molecular complexity index is 603. The summed E-state index contributed by atoms with van der Waals surface area (Å²) in [6.07, 6.45) is 4.59. The van der Waals surface area contributed by atoms with Crippen LogP contribution >= 0.6 is 0 Å². The Balaban J connectivity index is 1.44. The van der Waals surface area contributed by atoms with Crippen molar-refractivity contribution in [2.45, 2.75) is 45.2 Å². The number of halogens is 2. The molecule has 0 aliphatic carbocycles. The van der Waals surface area contributed by atoms with Crippen LogP contribution in [0.3, 0.4) is 0 Å². The summed E-state index contributed by atoms with van der Waals surface area (Å²) < 4.78 is 27.0. The van der Waals surface area contributed by atoms with E-state index in [1.807, 2.05) is 0 Å². The first-order valence-corrected chi connectivity index (χ1v) is 9.62. The second-order valence-electron chi connectivity index (χ2n) is 7.73. The Hall–Kier alpha value is -1.47. The lowest BCUT2D eigenvalue weighted by Gasteiger charge is -2.41. The third-order valence-electron chi connectivity index (χ3n) is 5.95. The lowest BCUT2D eigenvalue weighted by Crippen LogP contribution is -2.48. The van der Waals surface area contributed by atoms with Crippen LogP contribution in [0.5, 0.6) is 0 Å². The first kappa shape index (κ1) is 19.3. The van der Waals surface area contributed by atoms with Gasteiger partial charge in [0, 0.05) is 18.3 Å². The predicted molar refractivity (Wildman–Crippen MR) is 97.6 cm³/mol. The Morgan fingerprint density at radius 2 is 1.81 bits per heavy atom. The highest BCUT2D eigenvalue weighted by molar-refractivity contribution is 5.92. The average Bonchev–Trinajstić information content (AvgIpc) is 3.03. The first-order valence-electron chi connectivity index (χ1n) is 9.62. The second-order valence-corrected chi connectivity index (χ2v) is 7.73. The fraction of sp³-hybridized carbons (Fsp3) is 0.737. The molecule has 0 unspecified atom stereocenters. The molecule has 1 aromatic rings. The van der Waals surface area contributed by atoms with Crippen LogP contribution in [-0.4, -0.2) is 66.1 Å². The summed E-state index contributed by atoms with van der Waals surface area (Å²) in [5, 5.41) is 2.86. The van der Waals surface area contributed by atoms with Crippen LogP contribution < -0.4 is 5.32 Å². The molecule has 1 aromatic heterocycles. The number of alkyl halides is 2. The summed E-state index contributed by atoms with van der Waals surface area (Å²) >= 11 is 0. The van der Waals surface area contributed by atoms with E-state index in [2.05, 4.69) is 22.2 Å². The molecule has 0 saturated carbocycles. The summed E-state index contributed by atoms with van der Waals surface area (Å²) in [5.41, 5.74) is 0.442. The van der Waals surface area contributed by atoms with Gasteiger partial charge in [-0.1, -0.05) is 0 Å². The molecule has 1 N–H and O–H groups in total. The van der Waals surface area contributed by atoms with Crippen molar-refractivity contribution >= 4 is 5.91 Å². The van der Waals surface area contributed by atoms with E-state index in [0.29, 0.717) is 24.2 Å². The van der Waals surface area contributed by atoms with Crippen LogP contribution in [0.2, 0.25) is 0 Å². The number of rotatable bonds is 5. The minimum atomic E-state index is -2.69. The molecule has 1 amide bonds. The normalized spacial score (nSPS) is 21.4. The quantitative estimate of drug-likeness (QED) is 0.869. The molecule has 5 nitrogen and oxygen atoms in total. The monoisotopic (exact) mass is 368 g/mol. The van der Waals surface area contributed by atoms with Gasteiger partial charge < -0.3 is 15.1 Å². The summed E-state index contributed by atoms with van der Waals surface area (Å²) in [7, 11) is 2.18. The van der Waals surface area contributed by atoms with E-state index in [0.717, 1.165) is 30.5 Å². The lowest BCUT2D eigenvalue weighted by molar-refractivity contribution is 0.0610. The number of amides is 1. The van der Waals surface area contributed by atoms with E-state index in [-0.39, 0.29) is 5.69 Å². The van der Waals surface area contributed by atoms with Crippen LogP contribution in [0.15, 0.2) is 12.1 Å². The smallest absolute Gasteiger partial charge is 0.319 e. The molecular weight excluding hydrogens is 338 g/mol. The molecular formula is C19H30F2N4O. The van der Waals surface area contributed by atoms with Gasteiger partial charge in [0.2, 0.25) is 0 Å². The topological polar surface area (TPSA) is 40.5 Å². The van der Waals surface area contributed by atoms with E-state index in [4.69, 9.17) is 0 Å². The van der Waals surface area contributed by atoms with Gasteiger partial charge in [-0.15, -0.1) is 0 Å². The van der Waals surface area contributed by atoms with Crippen LogP contribution in [0.1, 0.15) is 48.4 Å². The number of aryl methyl sites for hydroxylation is 1. The second kappa shape index (κ2) is 8.48. The number of hydrogen-bond donors (Lipinski definition) is 1. The van der Waals surface area contributed by atoms with Crippen LogP contribution in [0, 0.1) is 12.8 Å². The third kappa shape index (κ3) is 4.43. The number of hydrogen-bond acceptors (Lipinski definition) is 3. The van der Waals surface area contributed by atoms with Gasteiger partial charge in [-0.3, -0.25) is 9.36 Å². The van der Waals surface area contributed by atoms with Crippen molar-refractivity contribution < 1.29 is 13.6 Å². The number of nitrogens with zero attached hydrogens (tertiary/aromatic N) is 3. The largest absolute Gasteiger partial charge is 0.350 e. The summed E-state index contributed by atoms with van der Waals surface area (Å²) in [6, 6.07) is 3.72. The van der Waals surface area contributed by atoms with Crippen molar-refractivity contribution in [3.63, 3.8) is 0 Å². The number of aromatic nitrogens is 1. The molecule has 2 saturated heterocycles. The maximum Gasteiger partial charge on any atom is 0.319 e. The van der Waals surface area contributed by atoms with Crippen molar-refractivity contribution in [1.82, 2.24) is 19.7 Å². The SMILES string of the molecule is Cc1ccc(C(=O)NCC2CCN(C3CCN(C)CC3)CC2)n1C(F)F. The van der Waals surface area contributed by atoms with Gasteiger partial charge in [0.1, 0.15) is 5.69 Å². The molecule has 0 aromatic carbocycles. The van der Waals surface area contributed by atoms with Crippen molar-refractivity contribution in [3.05, 3.63) is 23.5 Å². The Morgan fingerprint density at radius 3 is 2.42 bits per heavy atom. The van der Waals surface area contributed by atoms with Crippen molar-refractivity contribution in [3.8, 4) is 0 Å². The molecule has 2 aliphatic heterocycles. The van der Waals surface area contributed by atoms with Crippen molar-refractivity contribution in [2.75, 3.05) is 39.8 Å². The average molecular weight is 368 g/mol. The molecule has 0 radical (unpaired) electrons. The number of nitrogens with one attached hydrogen (secondary N) is 1. The fourth-order valence-corrected chi connectivity index (χ4v) is 4.20. The number of carbonyl (C=O) groups is 1. The third-order valence-corrected chi connectivity index (χ3v) is 5.95. The van der Waals surface area contributed by atoms with Gasteiger partial charge in [0.25, 0.3) is 5.91 Å². The molecule has 0 atom stereocenters. The van der Waals surface area contributed by atoms with Crippen LogP contribution in [-0.2, 0) is 0 Å². The van der Waals surface area contributed by atoms with Gasteiger partial charge in [-0.2, -0.15) is 8.78 Å². The van der Waals surface area contributed by atoms with Crippen molar-refractivity contribution in [2.24, 2.45) is 5.92 Å². The number of piperidine rings is 2. The highest BCUT2D eigenvalue weighted by Crippen LogP contribution is 2.24. The highest BCUT2D eigenvalue weighted by atomic mass is 19.3. The molecule has 0 spiro atoms. The Kier molecular flexibility index (Phi) is 6.29. The minimum Gasteiger partial charge on any atom is -0.350 e. The predicted octanol–water partition coefficient (Wildman–Crippen LogP) is 2.73. The zero-order valence-corrected chi connectivity index (χ0v) is 15.8. The maximum absolute atomic E-state index is 13.1. The van der Waals surface area contributed by atoms with Gasteiger partial charge in [-0.25, -0.2) is 0 Å². The molecule has 3 heterocycles. The van der Waals surface area contributed by atoms with E-state index in [1.165, 1.54) is 32.0 Å². The van der Waals surface area contributed by atoms with E-state index >= 15 is 0 Å². The molecule has 2 aliphatic rings. The Morgan fingerprint density at radius 1 is 1.15 bits per heavy atom. The minimum absolute atomic E-state index is 0.0428. The van der Waals surface area contributed by atoms with Gasteiger partial charge in [0.05, 0.1) is 0 Å². The van der Waals surface area contributed by atoms with Crippen molar-refractivity contribution in [1.29, 1.82) is 0 Å². The molecule has 3 rings (SSSR count). The zero-order chi connectivity index (χ0) is 18.7. The van der Waals surface area contributed by atoms with E-state index < -0.39 is 12.5 Å². The van der Waals surface area contributed by atoms with E-state index in [9.17, 15) is 13.6 Å². The van der Waals surface area contributed by atoms with Gasteiger partial charge in [-0.05, 0) is 83.9 Å². The van der Waals surface area contributed by atoms with E-state index in [1.54, 1.807) is 13.0 Å². The first-order chi connectivity index (χ1) is 12.5. The number of carbonyl (C=O) groups excluding carboxylic acids is 1. The molecule has 2 fully saturated rings. The van der Waals surface area contributed by atoms with Crippen LogP contribution in [0.4, 0.5) is 8.78 Å². The Labute approximate surface area is 154 Å². The van der Waals surface area contributed by atoms with Gasteiger partial charge in [0.15, 0.2) is 0 Å². The fourth-order valence-electron chi connectivity index (χ4n) is 4.20. The standard InChI is InChI=1S/C19H30F2N4O/c1-14-3-4-17(25(14)19(20)21)18(26)22-13-15-5-11-24(12-6-15)16-7-9-23(2)10-8-16/h3-4,15-16,19H,5-13H2,1-2H3,(H,22,26). The molecule has 0 bridgehead atoms. The summed E-state index contributed by atoms with van der Waals surface area (Å²) in [6.45, 7) is 3.94. The zero-order valence-electron chi connectivity index (χ0n) is 15.8. The molecule has 146 valence electrons. The molecule has 26 heavy (non-hydrogen) atoms. The maximum atomic E-state index is 13.1. The number of likely N-dealkylation sites (tertiary alicyclic amines) is 2.